The number of hydrogen-bond donors (Lipinski definition) is 0. The number of fused-ring (bicyclic) bond motifs is 6. The van der Waals surface area contributed by atoms with Crippen molar-refractivity contribution in [1.29, 1.82) is 0 Å². The SMILES string of the molecule is C=C/C(=C\C1CCC2CCC3CC=C4C=C(I)C=CC4C3C3(CCCCC3)C2C1C)CC. The number of halogens is 1. The molecule has 0 aromatic carbocycles. The fourth-order valence-electron chi connectivity index (χ4n) is 9.21. The molecule has 3 fully saturated rings. The molecule has 5 aliphatic rings. The monoisotopic (exact) mass is 542 g/mol. The summed E-state index contributed by atoms with van der Waals surface area (Å²) in [5.41, 5.74) is 3.69. The van der Waals surface area contributed by atoms with Gasteiger partial charge in [0.25, 0.3) is 0 Å². The van der Waals surface area contributed by atoms with Crippen molar-refractivity contribution in [2.45, 2.75) is 84.5 Å². The molecule has 7 atom stereocenters. The van der Waals surface area contributed by atoms with Crippen molar-refractivity contribution in [3.05, 3.63) is 57.8 Å². The van der Waals surface area contributed by atoms with Gasteiger partial charge < -0.3 is 0 Å². The second-order valence-electron chi connectivity index (χ2n) is 11.7. The molecule has 0 nitrogen and oxygen atoms in total. The summed E-state index contributed by atoms with van der Waals surface area (Å²) in [7, 11) is 0. The van der Waals surface area contributed by atoms with Crippen LogP contribution in [0.2, 0.25) is 0 Å². The van der Waals surface area contributed by atoms with Gasteiger partial charge in [0, 0.05) is 9.50 Å². The minimum Gasteiger partial charge on any atom is -0.0988 e. The van der Waals surface area contributed by atoms with Crippen LogP contribution in [0.3, 0.4) is 0 Å². The van der Waals surface area contributed by atoms with Gasteiger partial charge in [0.1, 0.15) is 0 Å². The van der Waals surface area contributed by atoms with Crippen molar-refractivity contribution in [1.82, 2.24) is 0 Å². The maximum Gasteiger partial charge on any atom is 0.0130 e. The van der Waals surface area contributed by atoms with Gasteiger partial charge in [-0.1, -0.05) is 75.6 Å². The highest BCUT2D eigenvalue weighted by atomic mass is 127. The standard InChI is InChI=1S/C31H43I/c1-4-22(5-2)19-25-13-11-23-9-10-24-12-14-26-20-27(32)15-16-28(26)30(24)31(29(23)21(25)3)17-7-6-8-18-31/h4,14-16,19-21,23-25,28-30H,1,5-13,17-18H2,2-3H3/b22-19+. The molecule has 1 heteroatoms. The van der Waals surface area contributed by atoms with Gasteiger partial charge in [-0.15, -0.1) is 0 Å². The van der Waals surface area contributed by atoms with E-state index in [0.29, 0.717) is 11.3 Å². The minimum atomic E-state index is 0.557. The Morgan fingerprint density at radius 3 is 2.59 bits per heavy atom. The van der Waals surface area contributed by atoms with Crippen LogP contribution in [0.4, 0.5) is 0 Å². The molecule has 0 radical (unpaired) electrons. The Kier molecular flexibility index (Phi) is 6.95. The number of allylic oxidation sites excluding steroid dienone is 9. The molecule has 0 bridgehead atoms. The lowest BCUT2D eigenvalue weighted by atomic mass is 9.46. The molecule has 174 valence electrons. The molecule has 5 rings (SSSR count). The quantitative estimate of drug-likeness (QED) is 0.246. The topological polar surface area (TPSA) is 0 Å². The van der Waals surface area contributed by atoms with E-state index in [-0.39, 0.29) is 0 Å². The molecule has 0 aromatic heterocycles. The van der Waals surface area contributed by atoms with Crippen molar-refractivity contribution < 1.29 is 0 Å². The van der Waals surface area contributed by atoms with Crippen molar-refractivity contribution in [2.24, 2.45) is 46.8 Å². The molecule has 0 heterocycles. The predicted molar refractivity (Wildman–Crippen MR) is 147 cm³/mol. The Bertz CT molecular complexity index is 833. The van der Waals surface area contributed by atoms with Crippen molar-refractivity contribution in [3.8, 4) is 0 Å². The summed E-state index contributed by atoms with van der Waals surface area (Å²) in [5, 5.41) is 0. The maximum atomic E-state index is 4.12. The van der Waals surface area contributed by atoms with Crippen LogP contribution in [0.1, 0.15) is 84.5 Å². The molecule has 5 aliphatic carbocycles. The highest BCUT2D eigenvalue weighted by Crippen LogP contribution is 2.66. The first-order chi connectivity index (χ1) is 15.6. The lowest BCUT2D eigenvalue weighted by Gasteiger charge is -2.58. The Balaban J connectivity index is 1.57. The van der Waals surface area contributed by atoms with Crippen molar-refractivity contribution in [2.75, 3.05) is 0 Å². The van der Waals surface area contributed by atoms with Crippen LogP contribution in [0, 0.1) is 46.8 Å². The van der Waals surface area contributed by atoms with E-state index in [0.717, 1.165) is 41.9 Å². The van der Waals surface area contributed by atoms with Gasteiger partial charge in [-0.25, -0.2) is 0 Å². The van der Waals surface area contributed by atoms with Crippen LogP contribution in [0.25, 0.3) is 0 Å². The lowest BCUT2D eigenvalue weighted by molar-refractivity contribution is -0.0776. The van der Waals surface area contributed by atoms with E-state index >= 15 is 0 Å². The van der Waals surface area contributed by atoms with Crippen LogP contribution >= 0.6 is 22.6 Å². The van der Waals surface area contributed by atoms with Gasteiger partial charge >= 0.3 is 0 Å². The van der Waals surface area contributed by atoms with Crippen LogP contribution in [0.15, 0.2) is 57.8 Å². The van der Waals surface area contributed by atoms with E-state index in [1.807, 2.05) is 0 Å². The fraction of sp³-hybridized carbons (Fsp3) is 0.677. The van der Waals surface area contributed by atoms with E-state index < -0.39 is 0 Å². The first-order valence-electron chi connectivity index (χ1n) is 13.7. The van der Waals surface area contributed by atoms with Gasteiger partial charge in [0.15, 0.2) is 0 Å². The summed E-state index contributed by atoms with van der Waals surface area (Å²) in [4.78, 5) is 0. The zero-order chi connectivity index (χ0) is 22.3. The summed E-state index contributed by atoms with van der Waals surface area (Å²) >= 11 is 2.52. The lowest BCUT2D eigenvalue weighted by Crippen LogP contribution is -2.52. The molecule has 7 unspecified atom stereocenters. The average molecular weight is 543 g/mol. The summed E-state index contributed by atoms with van der Waals surface area (Å²) in [6.07, 6.45) is 30.6. The second kappa shape index (κ2) is 9.59. The molecular weight excluding hydrogens is 499 g/mol. The van der Waals surface area contributed by atoms with E-state index in [4.69, 9.17) is 0 Å². The Hall–Kier alpha value is -0.570. The van der Waals surface area contributed by atoms with Crippen LogP contribution in [-0.2, 0) is 0 Å². The van der Waals surface area contributed by atoms with Crippen LogP contribution < -0.4 is 0 Å². The molecule has 32 heavy (non-hydrogen) atoms. The maximum absolute atomic E-state index is 4.12. The summed E-state index contributed by atoms with van der Waals surface area (Å²) < 4.78 is 1.42. The van der Waals surface area contributed by atoms with Crippen molar-refractivity contribution >= 4 is 22.6 Å². The van der Waals surface area contributed by atoms with Crippen LogP contribution in [-0.4, -0.2) is 0 Å². The Morgan fingerprint density at radius 2 is 1.84 bits per heavy atom. The molecule has 0 aliphatic heterocycles. The van der Waals surface area contributed by atoms with Gasteiger partial charge in [0.2, 0.25) is 0 Å². The summed E-state index contributed by atoms with van der Waals surface area (Å²) in [6.45, 7) is 9.07. The molecule has 0 amide bonds. The highest BCUT2D eigenvalue weighted by Gasteiger charge is 2.58. The summed E-state index contributed by atoms with van der Waals surface area (Å²) in [6, 6.07) is 0. The zero-order valence-electron chi connectivity index (χ0n) is 20.4. The number of hydrogen-bond acceptors (Lipinski definition) is 0. The Labute approximate surface area is 210 Å². The third-order valence-corrected chi connectivity index (χ3v) is 11.1. The summed E-state index contributed by atoms with van der Waals surface area (Å²) in [5.74, 6) is 5.87. The Morgan fingerprint density at radius 1 is 1.09 bits per heavy atom. The predicted octanol–water partition coefficient (Wildman–Crippen LogP) is 9.60. The second-order valence-corrected chi connectivity index (χ2v) is 12.9. The first kappa shape index (κ1) is 23.2. The van der Waals surface area contributed by atoms with Gasteiger partial charge in [0.05, 0.1) is 0 Å². The van der Waals surface area contributed by atoms with E-state index in [1.165, 1.54) is 73.4 Å². The van der Waals surface area contributed by atoms with E-state index in [1.54, 1.807) is 5.57 Å². The molecule has 3 saturated carbocycles. The van der Waals surface area contributed by atoms with Gasteiger partial charge in [-0.05, 0) is 127 Å². The number of rotatable bonds is 3. The van der Waals surface area contributed by atoms with Gasteiger partial charge in [-0.2, -0.15) is 0 Å². The van der Waals surface area contributed by atoms with E-state index in [9.17, 15) is 0 Å². The van der Waals surface area contributed by atoms with Crippen LogP contribution in [0.5, 0.6) is 0 Å². The zero-order valence-corrected chi connectivity index (χ0v) is 22.5. The van der Waals surface area contributed by atoms with E-state index in [2.05, 4.69) is 79.5 Å². The molecule has 0 N–H and O–H groups in total. The average Bonchev–Trinajstić information content (AvgIpc) is 2.94. The third kappa shape index (κ3) is 3.97. The largest absolute Gasteiger partial charge is 0.0988 e. The molecule has 0 saturated heterocycles. The van der Waals surface area contributed by atoms with Gasteiger partial charge in [-0.3, -0.25) is 0 Å². The fourth-order valence-corrected chi connectivity index (χ4v) is 9.78. The molecule has 0 aromatic rings. The van der Waals surface area contributed by atoms with Crippen molar-refractivity contribution in [3.63, 3.8) is 0 Å². The third-order valence-electron chi connectivity index (χ3n) is 10.4. The first-order valence-corrected chi connectivity index (χ1v) is 14.7. The molecule has 1 spiro atoms. The molecular formula is C31H43I. The minimum absolute atomic E-state index is 0.557. The highest BCUT2D eigenvalue weighted by molar-refractivity contribution is 14.1. The normalized spacial score (nSPS) is 41.0. The smallest absolute Gasteiger partial charge is 0.0130 e.